The van der Waals surface area contributed by atoms with Crippen LogP contribution in [0.5, 0.6) is 0 Å². The highest BCUT2D eigenvalue weighted by atomic mass is 16.1. The van der Waals surface area contributed by atoms with Gasteiger partial charge in [0.1, 0.15) is 5.78 Å². The number of carbonyl (C=O) groups excluding carboxylic acids is 1. The van der Waals surface area contributed by atoms with Crippen LogP contribution in [0.3, 0.4) is 0 Å². The molecule has 0 N–H and O–H groups in total. The first-order valence-corrected chi connectivity index (χ1v) is 7.71. The summed E-state index contributed by atoms with van der Waals surface area (Å²) in [5.74, 6) is 0.294. The van der Waals surface area contributed by atoms with Gasteiger partial charge >= 0.3 is 0 Å². The topological polar surface area (TPSA) is 23.6 Å². The molecule has 20 heavy (non-hydrogen) atoms. The minimum absolute atomic E-state index is 0.0563. The molecule has 1 saturated heterocycles. The summed E-state index contributed by atoms with van der Waals surface area (Å²) in [5.41, 5.74) is 1.29. The lowest BCUT2D eigenvalue weighted by Crippen LogP contribution is -2.55. The normalized spacial score (nSPS) is 21.0. The minimum Gasteiger partial charge on any atom is -0.300 e. The number of hydrogen-bond acceptors (Lipinski definition) is 3. The molecule has 0 unspecified atom stereocenters. The Morgan fingerprint density at radius 2 is 2.00 bits per heavy atom. The number of hydrogen-bond donors (Lipinski definition) is 0. The van der Waals surface area contributed by atoms with Crippen molar-refractivity contribution in [1.29, 1.82) is 0 Å². The number of ketones is 1. The van der Waals surface area contributed by atoms with Gasteiger partial charge in [0.25, 0.3) is 0 Å². The number of benzene rings is 1. The predicted molar refractivity (Wildman–Crippen MR) is 82.7 cm³/mol. The minimum atomic E-state index is 0.0563. The third-order valence-corrected chi connectivity index (χ3v) is 4.10. The maximum absolute atomic E-state index is 12.0. The second-order valence-corrected chi connectivity index (χ2v) is 5.74. The van der Waals surface area contributed by atoms with Crippen molar-refractivity contribution in [3.8, 4) is 0 Å². The maximum Gasteiger partial charge on any atom is 0.148 e. The fourth-order valence-electron chi connectivity index (χ4n) is 2.85. The Balaban J connectivity index is 1.97. The van der Waals surface area contributed by atoms with Crippen LogP contribution in [0.15, 0.2) is 30.3 Å². The SMILES string of the molecule is CCCCN1CCN(Cc2ccccc2)[C@H](C(C)=O)C1. The molecule has 1 aromatic carbocycles. The Morgan fingerprint density at radius 3 is 2.65 bits per heavy atom. The Morgan fingerprint density at radius 1 is 1.25 bits per heavy atom. The quantitative estimate of drug-likeness (QED) is 0.796. The lowest BCUT2D eigenvalue weighted by molar-refractivity contribution is -0.124. The van der Waals surface area contributed by atoms with Crippen molar-refractivity contribution in [2.45, 2.75) is 39.3 Å². The van der Waals surface area contributed by atoms with Gasteiger partial charge < -0.3 is 4.90 Å². The average molecular weight is 274 g/mol. The maximum atomic E-state index is 12.0. The molecule has 0 radical (unpaired) electrons. The van der Waals surface area contributed by atoms with Gasteiger partial charge in [-0.1, -0.05) is 43.7 Å². The molecule has 2 rings (SSSR count). The van der Waals surface area contributed by atoms with Gasteiger partial charge in [0.2, 0.25) is 0 Å². The number of unbranched alkanes of at least 4 members (excludes halogenated alkanes) is 1. The average Bonchev–Trinajstić information content (AvgIpc) is 2.47. The first-order valence-electron chi connectivity index (χ1n) is 7.71. The Labute approximate surface area is 122 Å². The second kappa shape index (κ2) is 7.55. The van der Waals surface area contributed by atoms with E-state index in [1.54, 1.807) is 6.92 Å². The van der Waals surface area contributed by atoms with E-state index in [9.17, 15) is 4.79 Å². The molecule has 0 aromatic heterocycles. The van der Waals surface area contributed by atoms with E-state index in [0.717, 1.165) is 32.7 Å². The molecule has 1 aliphatic heterocycles. The molecule has 0 bridgehead atoms. The summed E-state index contributed by atoms with van der Waals surface area (Å²) in [5, 5.41) is 0. The Kier molecular flexibility index (Phi) is 5.74. The fourth-order valence-corrected chi connectivity index (χ4v) is 2.85. The van der Waals surface area contributed by atoms with Crippen LogP contribution in [0.1, 0.15) is 32.3 Å². The predicted octanol–water partition coefficient (Wildman–Crippen LogP) is 2.56. The summed E-state index contributed by atoms with van der Waals surface area (Å²) in [6.45, 7) is 8.91. The van der Waals surface area contributed by atoms with Crippen LogP contribution in [0.4, 0.5) is 0 Å². The number of rotatable bonds is 6. The van der Waals surface area contributed by atoms with Gasteiger partial charge in [-0.15, -0.1) is 0 Å². The highest BCUT2D eigenvalue weighted by molar-refractivity contribution is 5.81. The van der Waals surface area contributed by atoms with E-state index in [4.69, 9.17) is 0 Å². The Bertz CT molecular complexity index is 418. The molecule has 0 spiro atoms. The molecule has 110 valence electrons. The molecule has 1 atom stereocenters. The molecule has 0 aliphatic carbocycles. The van der Waals surface area contributed by atoms with Crippen LogP contribution in [-0.2, 0) is 11.3 Å². The summed E-state index contributed by atoms with van der Waals surface area (Å²) in [6.07, 6.45) is 2.44. The highest BCUT2D eigenvalue weighted by Crippen LogP contribution is 2.15. The van der Waals surface area contributed by atoms with Crippen molar-refractivity contribution in [3.05, 3.63) is 35.9 Å². The Hall–Kier alpha value is -1.19. The molecular weight excluding hydrogens is 248 g/mol. The van der Waals surface area contributed by atoms with Gasteiger partial charge in [0, 0.05) is 26.2 Å². The molecule has 3 heteroatoms. The van der Waals surface area contributed by atoms with Crippen LogP contribution in [0.25, 0.3) is 0 Å². The lowest BCUT2D eigenvalue weighted by Gasteiger charge is -2.40. The van der Waals surface area contributed by atoms with Crippen molar-refractivity contribution < 1.29 is 4.79 Å². The second-order valence-electron chi connectivity index (χ2n) is 5.74. The summed E-state index contributed by atoms with van der Waals surface area (Å²) in [6, 6.07) is 10.5. The smallest absolute Gasteiger partial charge is 0.148 e. The van der Waals surface area contributed by atoms with Crippen LogP contribution >= 0.6 is 0 Å². The number of nitrogens with zero attached hydrogens (tertiary/aromatic N) is 2. The zero-order valence-electron chi connectivity index (χ0n) is 12.7. The zero-order valence-corrected chi connectivity index (χ0v) is 12.7. The molecule has 1 aromatic rings. The van der Waals surface area contributed by atoms with Gasteiger partial charge in [-0.3, -0.25) is 9.69 Å². The van der Waals surface area contributed by atoms with E-state index >= 15 is 0 Å². The number of carbonyl (C=O) groups is 1. The number of piperazine rings is 1. The summed E-state index contributed by atoms with van der Waals surface area (Å²) < 4.78 is 0. The molecule has 1 aliphatic rings. The standard InChI is InChI=1S/C17H26N2O/c1-3-4-10-18-11-12-19(17(14-18)15(2)20)13-16-8-6-5-7-9-16/h5-9,17H,3-4,10-14H2,1-2H3/t17-/m0/s1. The van der Waals surface area contributed by atoms with E-state index in [2.05, 4.69) is 41.0 Å². The van der Waals surface area contributed by atoms with Gasteiger partial charge in [-0.05, 0) is 25.5 Å². The monoisotopic (exact) mass is 274 g/mol. The van der Waals surface area contributed by atoms with Crippen molar-refractivity contribution >= 4 is 5.78 Å². The zero-order chi connectivity index (χ0) is 14.4. The molecule has 0 saturated carbocycles. The lowest BCUT2D eigenvalue weighted by atomic mass is 10.1. The third-order valence-electron chi connectivity index (χ3n) is 4.10. The van der Waals surface area contributed by atoms with Gasteiger partial charge in [0.05, 0.1) is 6.04 Å². The van der Waals surface area contributed by atoms with Crippen LogP contribution in [0, 0.1) is 0 Å². The van der Waals surface area contributed by atoms with E-state index in [-0.39, 0.29) is 6.04 Å². The van der Waals surface area contributed by atoms with Crippen LogP contribution in [0.2, 0.25) is 0 Å². The van der Waals surface area contributed by atoms with E-state index in [1.807, 2.05) is 6.07 Å². The van der Waals surface area contributed by atoms with E-state index in [0.29, 0.717) is 5.78 Å². The fraction of sp³-hybridized carbons (Fsp3) is 0.588. The van der Waals surface area contributed by atoms with Crippen molar-refractivity contribution in [2.75, 3.05) is 26.2 Å². The summed E-state index contributed by atoms with van der Waals surface area (Å²) in [7, 11) is 0. The number of Topliss-reactive ketones (excluding diaryl/α,β-unsaturated/α-hetero) is 1. The van der Waals surface area contributed by atoms with Gasteiger partial charge in [0.15, 0.2) is 0 Å². The molecule has 0 amide bonds. The molecular formula is C17H26N2O. The largest absolute Gasteiger partial charge is 0.300 e. The highest BCUT2D eigenvalue weighted by Gasteiger charge is 2.29. The molecule has 1 fully saturated rings. The molecule has 1 heterocycles. The molecule has 3 nitrogen and oxygen atoms in total. The summed E-state index contributed by atoms with van der Waals surface area (Å²) in [4.78, 5) is 16.7. The van der Waals surface area contributed by atoms with E-state index in [1.165, 1.54) is 18.4 Å². The van der Waals surface area contributed by atoms with Crippen molar-refractivity contribution in [3.63, 3.8) is 0 Å². The summed E-state index contributed by atoms with van der Waals surface area (Å²) >= 11 is 0. The van der Waals surface area contributed by atoms with E-state index < -0.39 is 0 Å². The van der Waals surface area contributed by atoms with Crippen molar-refractivity contribution in [2.24, 2.45) is 0 Å². The van der Waals surface area contributed by atoms with Gasteiger partial charge in [-0.25, -0.2) is 0 Å². The van der Waals surface area contributed by atoms with Gasteiger partial charge in [-0.2, -0.15) is 0 Å². The van der Waals surface area contributed by atoms with Crippen molar-refractivity contribution in [1.82, 2.24) is 9.80 Å². The van der Waals surface area contributed by atoms with Crippen LogP contribution < -0.4 is 0 Å². The first kappa shape index (κ1) is 15.2. The first-order chi connectivity index (χ1) is 9.70. The van der Waals surface area contributed by atoms with Crippen LogP contribution in [-0.4, -0.2) is 47.8 Å². The third kappa shape index (κ3) is 4.15.